The van der Waals surface area contributed by atoms with E-state index in [1.54, 1.807) is 13.8 Å². The van der Waals surface area contributed by atoms with Crippen molar-refractivity contribution in [2.24, 2.45) is 22.7 Å². The Hall–Kier alpha value is -1.87. The van der Waals surface area contributed by atoms with Gasteiger partial charge in [0.25, 0.3) is 0 Å². The van der Waals surface area contributed by atoms with E-state index in [9.17, 15) is 23.9 Å². The molecule has 1 N–H and O–H groups in total. The molecule has 34 heavy (non-hydrogen) atoms. The monoisotopic (exact) mass is 498 g/mol. The number of hydrogen-bond acceptors (Lipinski definition) is 6. The molecule has 0 spiro atoms. The van der Waals surface area contributed by atoms with Crippen LogP contribution >= 0.6 is 11.8 Å². The normalized spacial score (nSPS) is 45.2. The summed E-state index contributed by atoms with van der Waals surface area (Å²) in [5.41, 5.74) is -7.03. The topological polar surface area (TPSA) is 80.7 Å². The predicted molar refractivity (Wildman–Crippen MR) is 121 cm³/mol. The molecule has 0 bridgehead atoms. The molecule has 5 nitrogen and oxygen atoms in total. The Bertz CT molecular complexity index is 1030. The molecule has 0 unspecified atom stereocenters. The van der Waals surface area contributed by atoms with Crippen molar-refractivity contribution < 1.29 is 37.4 Å². The third kappa shape index (κ3) is 2.95. The summed E-state index contributed by atoms with van der Waals surface area (Å²) in [6.45, 7) is 8.61. The van der Waals surface area contributed by atoms with Crippen LogP contribution in [0.5, 0.6) is 0 Å². The first kappa shape index (κ1) is 25.2. The molecule has 0 radical (unpaired) electrons. The van der Waals surface area contributed by atoms with Crippen LogP contribution in [0.1, 0.15) is 46.5 Å². The second kappa shape index (κ2) is 8.08. The maximum absolute atomic E-state index is 17.2. The van der Waals surface area contributed by atoms with Gasteiger partial charge in [-0.2, -0.15) is 0 Å². The van der Waals surface area contributed by atoms with Gasteiger partial charge < -0.3 is 9.84 Å². The zero-order valence-electron chi connectivity index (χ0n) is 19.4. The highest BCUT2D eigenvalue weighted by molar-refractivity contribution is 8.13. The van der Waals surface area contributed by atoms with Gasteiger partial charge in [0.15, 0.2) is 11.5 Å². The van der Waals surface area contributed by atoms with Crippen molar-refractivity contribution in [1.82, 2.24) is 0 Å². The van der Waals surface area contributed by atoms with Gasteiger partial charge in [0.05, 0.1) is 6.10 Å². The molecule has 3 saturated carbocycles. The lowest BCUT2D eigenvalue weighted by atomic mass is 9.44. The molecular formula is C25H29F3O5S. The van der Waals surface area contributed by atoms with Gasteiger partial charge in [-0.25, -0.2) is 13.2 Å². The molecule has 8 atom stereocenters. The van der Waals surface area contributed by atoms with Gasteiger partial charge in [0.1, 0.15) is 12.2 Å². The van der Waals surface area contributed by atoms with Gasteiger partial charge in [0, 0.05) is 23.2 Å². The maximum atomic E-state index is 17.2. The lowest BCUT2D eigenvalue weighted by Gasteiger charge is -2.63. The Balaban J connectivity index is 1.88. The lowest BCUT2D eigenvalue weighted by Crippen LogP contribution is -2.70. The minimum absolute atomic E-state index is 0.00837. The minimum atomic E-state index is -2.34. The molecule has 9 heteroatoms. The second-order valence-electron chi connectivity index (χ2n) is 10.2. The number of hydrogen-bond donors (Lipinski definition) is 1. The fraction of sp³-hybridized carbons (Fsp3) is 0.640. The first-order chi connectivity index (χ1) is 15.8. The van der Waals surface area contributed by atoms with Crippen LogP contribution in [0.2, 0.25) is 0 Å². The molecule has 0 heterocycles. The number of halogens is 3. The molecule has 186 valence electrons. The van der Waals surface area contributed by atoms with E-state index in [1.165, 1.54) is 19.1 Å². The van der Waals surface area contributed by atoms with Gasteiger partial charge in [-0.15, -0.1) is 0 Å². The van der Waals surface area contributed by atoms with Gasteiger partial charge in [0.2, 0.25) is 10.7 Å². The second-order valence-corrected chi connectivity index (χ2v) is 11.1. The van der Waals surface area contributed by atoms with Crippen molar-refractivity contribution in [3.05, 3.63) is 36.0 Å². The van der Waals surface area contributed by atoms with Crippen LogP contribution in [-0.4, -0.2) is 51.5 Å². The minimum Gasteiger partial charge on any atom is -0.445 e. The molecule has 3 fully saturated rings. The number of ether oxygens (including phenoxy) is 1. The van der Waals surface area contributed by atoms with Gasteiger partial charge in [-0.05, 0) is 67.2 Å². The Labute approximate surface area is 200 Å². The Morgan fingerprint density at radius 1 is 1.32 bits per heavy atom. The number of rotatable bonds is 4. The van der Waals surface area contributed by atoms with E-state index in [1.807, 2.05) is 0 Å². The first-order valence-corrected chi connectivity index (χ1v) is 12.4. The zero-order valence-corrected chi connectivity index (χ0v) is 20.2. The Kier molecular flexibility index (Phi) is 6.00. The molecular weight excluding hydrogens is 469 g/mol. The summed E-state index contributed by atoms with van der Waals surface area (Å²) in [6, 6.07) is -1.06. The van der Waals surface area contributed by atoms with Crippen LogP contribution < -0.4 is 0 Å². The largest absolute Gasteiger partial charge is 0.445 e. The van der Waals surface area contributed by atoms with Gasteiger partial charge >= 0.3 is 5.97 Å². The van der Waals surface area contributed by atoms with Crippen LogP contribution in [0.4, 0.5) is 13.2 Å². The van der Waals surface area contributed by atoms with Crippen molar-refractivity contribution in [2.45, 2.75) is 70.0 Å². The third-order valence-electron chi connectivity index (χ3n) is 8.82. The van der Waals surface area contributed by atoms with Crippen molar-refractivity contribution in [3.8, 4) is 0 Å². The third-order valence-corrected chi connectivity index (χ3v) is 9.47. The maximum Gasteiger partial charge on any atom is 0.306 e. The Morgan fingerprint density at radius 2 is 2.00 bits per heavy atom. The average Bonchev–Trinajstić information content (AvgIpc) is 2.99. The van der Waals surface area contributed by atoms with Crippen molar-refractivity contribution in [2.75, 3.05) is 6.01 Å². The number of carbonyl (C=O) groups is 3. The SMILES string of the molecule is C=C1C[C@H]2[C@@H]3C[C@H](F)C4=CC(=O)C=C[C@]4(C)[C@@]3(F)[C@@H](O)C[C@]2(C)[C@@]1(OC(=O)CC)C(=O)SCF. The standard InChI is InChI=1S/C25H29F3O5S/c1-5-20(31)33-25(21(32)34-12-26)13(2)8-15-16-10-18(27)17-9-14(29)6-7-22(17,3)24(16,28)19(30)11-23(15,25)4/h6-7,9,15-16,18-19,30H,2,5,8,10-12H2,1,3-4H3/t15-,16-,18-,19-,22-,23-,24-,25-/m0/s1. The van der Waals surface area contributed by atoms with Gasteiger partial charge in [-0.3, -0.25) is 14.4 Å². The van der Waals surface area contributed by atoms with Gasteiger partial charge in [-0.1, -0.05) is 26.5 Å². The van der Waals surface area contributed by atoms with Crippen molar-refractivity contribution in [1.29, 1.82) is 0 Å². The smallest absolute Gasteiger partial charge is 0.306 e. The summed E-state index contributed by atoms with van der Waals surface area (Å²) < 4.78 is 51.6. The number of alkyl halides is 3. The summed E-state index contributed by atoms with van der Waals surface area (Å²) in [7, 11) is 0. The molecule has 4 aliphatic rings. The van der Waals surface area contributed by atoms with Crippen LogP contribution in [0.3, 0.4) is 0 Å². The fourth-order valence-corrected chi connectivity index (χ4v) is 7.87. The summed E-state index contributed by atoms with van der Waals surface area (Å²) >= 11 is 0.335. The average molecular weight is 499 g/mol. The van der Waals surface area contributed by atoms with E-state index < -0.39 is 69.1 Å². The quantitative estimate of drug-likeness (QED) is 0.459. The van der Waals surface area contributed by atoms with E-state index in [0.717, 1.165) is 6.08 Å². The molecule has 4 aliphatic carbocycles. The summed E-state index contributed by atoms with van der Waals surface area (Å²) in [6.07, 6.45) is -0.306. The summed E-state index contributed by atoms with van der Waals surface area (Å²) in [5, 5.41) is 10.6. The van der Waals surface area contributed by atoms with Crippen LogP contribution in [0, 0.1) is 22.7 Å². The molecule has 0 amide bonds. The zero-order chi connectivity index (χ0) is 25.3. The highest BCUT2D eigenvalue weighted by Crippen LogP contribution is 2.71. The molecule has 4 rings (SSSR count). The number of fused-ring (bicyclic) bond motifs is 5. The fourth-order valence-electron chi connectivity index (χ4n) is 7.15. The van der Waals surface area contributed by atoms with Crippen LogP contribution in [0.25, 0.3) is 0 Å². The van der Waals surface area contributed by atoms with E-state index in [0.29, 0.717) is 11.8 Å². The number of carbonyl (C=O) groups excluding carboxylic acids is 3. The summed E-state index contributed by atoms with van der Waals surface area (Å²) in [5.74, 6) is -2.94. The molecule has 0 aromatic rings. The molecule has 0 aromatic carbocycles. The number of allylic oxidation sites excluding steroid dienone is 4. The number of aliphatic hydroxyl groups excluding tert-OH is 1. The summed E-state index contributed by atoms with van der Waals surface area (Å²) in [4.78, 5) is 37.7. The predicted octanol–water partition coefficient (Wildman–Crippen LogP) is 4.35. The number of aliphatic hydroxyl groups is 1. The molecule has 0 aromatic heterocycles. The highest BCUT2D eigenvalue weighted by atomic mass is 32.2. The van der Waals surface area contributed by atoms with E-state index >= 15 is 8.78 Å². The van der Waals surface area contributed by atoms with Crippen LogP contribution in [0.15, 0.2) is 36.0 Å². The van der Waals surface area contributed by atoms with E-state index in [4.69, 9.17) is 4.74 Å². The first-order valence-electron chi connectivity index (χ1n) is 11.4. The van der Waals surface area contributed by atoms with Crippen molar-refractivity contribution in [3.63, 3.8) is 0 Å². The molecule has 0 aliphatic heterocycles. The van der Waals surface area contributed by atoms with Crippen molar-refractivity contribution >= 4 is 28.6 Å². The van der Waals surface area contributed by atoms with Crippen LogP contribution in [-0.2, 0) is 19.1 Å². The number of esters is 1. The lowest BCUT2D eigenvalue weighted by molar-refractivity contribution is -0.224. The van der Waals surface area contributed by atoms with E-state index in [2.05, 4.69) is 6.58 Å². The number of ketones is 1. The Morgan fingerprint density at radius 3 is 2.62 bits per heavy atom. The highest BCUT2D eigenvalue weighted by Gasteiger charge is 2.77. The van der Waals surface area contributed by atoms with E-state index in [-0.39, 0.29) is 36.8 Å². The number of thioether (sulfide) groups is 1. The molecule has 0 saturated heterocycles.